The summed E-state index contributed by atoms with van der Waals surface area (Å²) in [5, 5.41) is 24.4. The van der Waals surface area contributed by atoms with Crippen molar-refractivity contribution in [2.45, 2.75) is 20.3 Å². The number of hydrogen-bond acceptors (Lipinski definition) is 12. The number of fused-ring (bicyclic) bond motifs is 2. The Balaban J connectivity index is 0.975. The molecule has 6 aromatic rings. The molecular weight excluding hydrogens is 775 g/mol. The second-order valence-corrected chi connectivity index (χ2v) is 13.9. The molecule has 0 atom stereocenters. The molecule has 2 aromatic heterocycles. The molecule has 0 saturated carbocycles. The zero-order chi connectivity index (χ0) is 42.6. The highest BCUT2D eigenvalue weighted by Crippen LogP contribution is 2.37. The van der Waals surface area contributed by atoms with Gasteiger partial charge in [-0.05, 0) is 103 Å². The summed E-state index contributed by atoms with van der Waals surface area (Å²) in [7, 11) is 0. The molecule has 17 nitrogen and oxygen atoms in total. The summed E-state index contributed by atoms with van der Waals surface area (Å²) in [5.74, 6) is -3.36. The monoisotopic (exact) mass is 801 g/mol. The molecule has 60 heavy (non-hydrogen) atoms. The van der Waals surface area contributed by atoms with Crippen molar-refractivity contribution in [1.29, 1.82) is 0 Å². The molecule has 4 heterocycles. The third kappa shape index (κ3) is 6.70. The van der Waals surface area contributed by atoms with Gasteiger partial charge in [-0.3, -0.25) is 54.0 Å². The van der Waals surface area contributed by atoms with E-state index < -0.39 is 45.2 Å². The maximum Gasteiger partial charge on any atom is 0.287 e. The molecule has 5 amide bonds. The van der Waals surface area contributed by atoms with E-state index in [1.54, 1.807) is 43.3 Å². The molecule has 0 aliphatic carbocycles. The summed E-state index contributed by atoms with van der Waals surface area (Å²) in [6.45, 7) is 3.61. The number of nitrogens with zero attached hydrogens (tertiary/aromatic N) is 6. The van der Waals surface area contributed by atoms with Gasteiger partial charge < -0.3 is 5.32 Å². The van der Waals surface area contributed by atoms with Crippen LogP contribution in [0.2, 0.25) is 0 Å². The molecule has 0 saturated heterocycles. The molecule has 294 valence electrons. The molecule has 2 aliphatic heterocycles. The number of carbonyl (C=O) groups is 6. The van der Waals surface area contributed by atoms with Gasteiger partial charge in [-0.25, -0.2) is 14.8 Å². The van der Waals surface area contributed by atoms with E-state index in [0.717, 1.165) is 33.3 Å². The minimum absolute atomic E-state index is 0.0213. The lowest BCUT2D eigenvalue weighted by atomic mass is 9.95. The topological polar surface area (TPSA) is 233 Å². The number of amides is 5. The summed E-state index contributed by atoms with van der Waals surface area (Å²) in [6.07, 6.45) is 1.88. The quantitative estimate of drug-likeness (QED) is 0.0648. The average molecular weight is 802 g/mol. The molecule has 0 radical (unpaired) electrons. The second-order valence-electron chi connectivity index (χ2n) is 13.9. The van der Waals surface area contributed by atoms with E-state index in [0.29, 0.717) is 28.2 Å². The summed E-state index contributed by atoms with van der Waals surface area (Å²) < 4.78 is 0. The third-order valence-electron chi connectivity index (χ3n) is 10.1. The van der Waals surface area contributed by atoms with E-state index in [4.69, 9.17) is 0 Å². The number of carbonyl (C=O) groups excluding carboxylic acids is 6. The summed E-state index contributed by atoms with van der Waals surface area (Å²) in [5.41, 5.74) is 3.93. The first-order valence-electron chi connectivity index (χ1n) is 18.0. The standard InChI is InChI=1S/C43H27N7O10/c1-22-15-27(47-40(53)33-10-3-24(17-35(33)42(47)55)37(51)19-26-5-6-29(20-44-26)49(57)58)7-12-31(22)32-13-8-28(16-23(32)2)48-41(54)34-11-4-25(18-36(34)43(48)56)39(52)46-38-14-9-30(21-45-38)50(59)60/h3-18,20-21H,19H2,1-2H3,(H,45,46,52). The number of benzene rings is 4. The van der Waals surface area contributed by atoms with Gasteiger partial charge in [0, 0.05) is 29.0 Å². The number of pyridine rings is 2. The van der Waals surface area contributed by atoms with Gasteiger partial charge in [-0.1, -0.05) is 18.2 Å². The molecule has 0 unspecified atom stereocenters. The van der Waals surface area contributed by atoms with Gasteiger partial charge in [0.1, 0.15) is 18.2 Å². The van der Waals surface area contributed by atoms with Crippen molar-refractivity contribution >= 4 is 63.9 Å². The lowest BCUT2D eigenvalue weighted by Gasteiger charge is -2.19. The smallest absolute Gasteiger partial charge is 0.287 e. The van der Waals surface area contributed by atoms with Crippen LogP contribution in [0.25, 0.3) is 11.1 Å². The Kier molecular flexibility index (Phi) is 9.39. The molecule has 17 heteroatoms. The van der Waals surface area contributed by atoms with Crippen LogP contribution in [0.15, 0.2) is 109 Å². The Morgan fingerprint density at radius 1 is 0.567 bits per heavy atom. The SMILES string of the molecule is Cc1cc(N2C(=O)c3ccc(C(=O)Cc4ccc([N+](=O)[O-])cn4)cc3C2=O)ccc1-c1ccc(N2C(=O)c3ccc(C(=O)Nc4ccc([N+](=O)[O-])cn4)cc3C2=O)cc1C. The summed E-state index contributed by atoms with van der Waals surface area (Å²) in [6, 6.07) is 23.5. The Morgan fingerprint density at radius 2 is 1.03 bits per heavy atom. The Hall–Kier alpha value is -8.60. The van der Waals surface area contributed by atoms with Crippen molar-refractivity contribution in [3.63, 3.8) is 0 Å². The molecule has 8 rings (SSSR count). The van der Waals surface area contributed by atoms with Gasteiger partial charge in [0.2, 0.25) is 0 Å². The van der Waals surface area contributed by atoms with Crippen LogP contribution in [0, 0.1) is 34.1 Å². The van der Waals surface area contributed by atoms with Gasteiger partial charge >= 0.3 is 0 Å². The highest BCUT2D eigenvalue weighted by Gasteiger charge is 2.39. The fraction of sp³-hybridized carbons (Fsp3) is 0.0698. The third-order valence-corrected chi connectivity index (χ3v) is 10.1. The molecule has 2 aliphatic rings. The molecule has 0 spiro atoms. The maximum atomic E-state index is 13.6. The number of hydrogen-bond donors (Lipinski definition) is 1. The van der Waals surface area contributed by atoms with Crippen LogP contribution in [0.5, 0.6) is 0 Å². The van der Waals surface area contributed by atoms with E-state index in [1.807, 2.05) is 6.92 Å². The first-order chi connectivity index (χ1) is 28.7. The second kappa shape index (κ2) is 14.7. The lowest BCUT2D eigenvalue weighted by Crippen LogP contribution is -2.29. The van der Waals surface area contributed by atoms with E-state index in [2.05, 4.69) is 15.3 Å². The predicted molar refractivity (Wildman–Crippen MR) is 214 cm³/mol. The molecule has 4 aromatic carbocycles. The fourth-order valence-corrected chi connectivity index (χ4v) is 7.10. The van der Waals surface area contributed by atoms with Gasteiger partial charge in [0.25, 0.3) is 40.9 Å². The number of ketones is 1. The van der Waals surface area contributed by atoms with E-state index in [-0.39, 0.29) is 57.0 Å². The van der Waals surface area contributed by atoms with Gasteiger partial charge in [-0.2, -0.15) is 0 Å². The molecule has 1 N–H and O–H groups in total. The van der Waals surface area contributed by atoms with Crippen molar-refractivity contribution < 1.29 is 38.6 Å². The molecule has 0 fully saturated rings. The van der Waals surface area contributed by atoms with Crippen LogP contribution >= 0.6 is 0 Å². The number of nitrogens with one attached hydrogen (secondary N) is 1. The normalized spacial score (nSPS) is 13.0. The number of rotatable bonds is 10. The van der Waals surface area contributed by atoms with Gasteiger partial charge in [-0.15, -0.1) is 0 Å². The van der Waals surface area contributed by atoms with Crippen LogP contribution in [-0.4, -0.2) is 55.1 Å². The Labute approximate surface area is 338 Å². The average Bonchev–Trinajstić information content (AvgIpc) is 3.64. The summed E-state index contributed by atoms with van der Waals surface area (Å²) in [4.78, 5) is 111. The fourth-order valence-electron chi connectivity index (χ4n) is 7.10. The summed E-state index contributed by atoms with van der Waals surface area (Å²) >= 11 is 0. The number of imide groups is 2. The predicted octanol–water partition coefficient (Wildman–Crippen LogP) is 6.86. The minimum Gasteiger partial charge on any atom is -0.307 e. The first-order valence-corrected chi connectivity index (χ1v) is 18.0. The molecule has 0 bridgehead atoms. The van der Waals surface area contributed by atoms with Crippen molar-refractivity contribution in [3.8, 4) is 11.1 Å². The maximum absolute atomic E-state index is 13.6. The van der Waals surface area contributed by atoms with Crippen molar-refractivity contribution in [2.75, 3.05) is 15.1 Å². The van der Waals surface area contributed by atoms with Crippen molar-refractivity contribution in [3.05, 3.63) is 180 Å². The zero-order valence-corrected chi connectivity index (χ0v) is 31.4. The highest BCUT2D eigenvalue weighted by atomic mass is 16.6. The van der Waals surface area contributed by atoms with Gasteiger partial charge in [0.05, 0.1) is 49.9 Å². The number of anilines is 3. The van der Waals surface area contributed by atoms with E-state index in [9.17, 15) is 49.0 Å². The minimum atomic E-state index is -0.639. The van der Waals surface area contributed by atoms with Crippen LogP contribution in [0.4, 0.5) is 28.6 Å². The number of Topliss-reactive ketones (excluding diaryl/α,β-unsaturated/α-hetero) is 1. The Bertz CT molecular complexity index is 2730. The molecular formula is C43H27N7O10. The van der Waals surface area contributed by atoms with E-state index >= 15 is 0 Å². The lowest BCUT2D eigenvalue weighted by molar-refractivity contribution is -0.385. The van der Waals surface area contributed by atoms with Crippen molar-refractivity contribution in [2.24, 2.45) is 0 Å². The van der Waals surface area contributed by atoms with Crippen LogP contribution in [-0.2, 0) is 6.42 Å². The Morgan fingerprint density at radius 3 is 1.50 bits per heavy atom. The number of aromatic nitrogens is 2. The van der Waals surface area contributed by atoms with Crippen LogP contribution in [0.3, 0.4) is 0 Å². The number of nitro groups is 2. The highest BCUT2D eigenvalue weighted by molar-refractivity contribution is 6.35. The van der Waals surface area contributed by atoms with E-state index in [1.165, 1.54) is 60.7 Å². The van der Waals surface area contributed by atoms with Gasteiger partial charge in [0.15, 0.2) is 5.78 Å². The van der Waals surface area contributed by atoms with Crippen molar-refractivity contribution in [1.82, 2.24) is 9.97 Å². The first kappa shape index (κ1) is 38.3. The zero-order valence-electron chi connectivity index (χ0n) is 31.4. The van der Waals surface area contributed by atoms with Crippen LogP contribution < -0.4 is 15.1 Å². The largest absolute Gasteiger partial charge is 0.307 e. The number of aryl methyl sites for hydroxylation is 2. The van der Waals surface area contributed by atoms with Crippen LogP contribution in [0.1, 0.15) is 79.0 Å².